The third-order valence-corrected chi connectivity index (χ3v) is 0. The van der Waals surface area contributed by atoms with Crippen LogP contribution in [0, 0.1) is 0 Å². The van der Waals surface area contributed by atoms with Gasteiger partial charge in [0.15, 0.2) is 0 Å². The summed E-state index contributed by atoms with van der Waals surface area (Å²) in [5, 5.41) is 0. The van der Waals surface area contributed by atoms with Gasteiger partial charge in [0, 0.05) is 0 Å². The largest absolute Gasteiger partial charge is 0.0776 e. The monoisotopic (exact) mass is 329 g/mol. The molecule has 0 saturated carbocycles. The molecule has 0 heteroatoms. The molecule has 0 amide bonds. The van der Waals surface area contributed by atoms with Crippen LogP contribution in [0.5, 0.6) is 0 Å². The van der Waals surface area contributed by atoms with Gasteiger partial charge in [-0.15, -0.1) is 0 Å². The minimum Gasteiger partial charge on any atom is -0.0776 e. The van der Waals surface area contributed by atoms with Gasteiger partial charge in [-0.25, -0.2) is 0 Å². The van der Waals surface area contributed by atoms with Crippen LogP contribution >= 0.6 is 0 Å². The highest BCUT2D eigenvalue weighted by Gasteiger charge is 1.37. The van der Waals surface area contributed by atoms with Crippen molar-refractivity contribution in [2.45, 2.75) is 151 Å². The van der Waals surface area contributed by atoms with Gasteiger partial charge in [0.05, 0.1) is 0 Å². The van der Waals surface area contributed by atoms with E-state index in [4.69, 9.17) is 0 Å². The molecular weight excluding hydrogens is 264 g/mol. The predicted octanol–water partition coefficient (Wildman–Crippen LogP) is 11.0. The first-order valence-electron chi connectivity index (χ1n) is 8.49. The third kappa shape index (κ3) is 0. The van der Waals surface area contributed by atoms with Crippen molar-refractivity contribution < 1.29 is 0 Å². The Bertz CT molecular complexity index is 15.5. The van der Waals surface area contributed by atoms with Crippen LogP contribution in [0.1, 0.15) is 151 Å². The van der Waals surface area contributed by atoms with Crippen molar-refractivity contribution >= 4 is 0 Å². The Balaban J connectivity index is -0.00000000947. The van der Waals surface area contributed by atoms with Gasteiger partial charge in [0.25, 0.3) is 0 Å². The van der Waals surface area contributed by atoms with E-state index in [1.165, 1.54) is 38.5 Å². The zero-order chi connectivity index (χ0) is 16.2. The minimum atomic E-state index is 0. The van der Waals surface area contributed by atoms with Crippen LogP contribution in [0.15, 0.2) is 0 Å². The quantitative estimate of drug-likeness (QED) is 0.414. The van der Waals surface area contributed by atoms with Crippen LogP contribution in [0.25, 0.3) is 0 Å². The lowest BCUT2D eigenvalue weighted by molar-refractivity contribution is 1.09. The van der Waals surface area contributed by atoms with E-state index in [-0.39, 0.29) is 29.7 Å². The molecule has 152 valence electrons. The highest BCUT2D eigenvalue weighted by atomic mass is 13.4. The van der Waals surface area contributed by atoms with Gasteiger partial charge in [0.2, 0.25) is 0 Å². The fourth-order valence-electron chi connectivity index (χ4n) is 0. The molecule has 0 aromatic rings. The average Bonchev–Trinajstić information content (AvgIpc) is 2.23. The summed E-state index contributed by atoms with van der Waals surface area (Å²) < 4.78 is 0. The Kier molecular flexibility index (Phi) is 715. The highest BCUT2D eigenvalue weighted by molar-refractivity contribution is 3.93. The van der Waals surface area contributed by atoms with E-state index in [0.717, 1.165) is 0 Å². The summed E-state index contributed by atoms with van der Waals surface area (Å²) in [4.78, 5) is 0. The Labute approximate surface area is 151 Å². The van der Waals surface area contributed by atoms with Gasteiger partial charge in [0.1, 0.15) is 0 Å². The molecule has 0 bridgehead atoms. The molecule has 0 aliphatic heterocycles. The molecule has 22 heavy (non-hydrogen) atoms. The fourth-order valence-corrected chi connectivity index (χ4v) is 0. The second-order valence-corrected chi connectivity index (χ2v) is 4.24. The Hall–Kier alpha value is 0. The van der Waals surface area contributed by atoms with Gasteiger partial charge in [-0.3, -0.25) is 0 Å². The molecule has 0 fully saturated rings. The smallest absolute Gasteiger partial charge is 0.0590 e. The standard InChI is InChI=1S/6C3H8.4CH4/c6*1-3-2;;;;/h6*3H2,1-2H3;4*1H4. The summed E-state index contributed by atoms with van der Waals surface area (Å²) in [5.41, 5.74) is 0. The molecule has 0 aromatic heterocycles. The maximum absolute atomic E-state index is 2.12. The highest BCUT2D eigenvalue weighted by Crippen LogP contribution is 1.57. The van der Waals surface area contributed by atoms with Gasteiger partial charge in [-0.05, 0) is 0 Å². The van der Waals surface area contributed by atoms with E-state index >= 15 is 0 Å². The first-order chi connectivity index (χ1) is 8.49. The zero-order valence-electron chi connectivity index (χ0n) is 16.2. The van der Waals surface area contributed by atoms with Crippen molar-refractivity contribution in [2.75, 3.05) is 0 Å². The van der Waals surface area contributed by atoms with Crippen LogP contribution in [0.3, 0.4) is 0 Å². The summed E-state index contributed by atoms with van der Waals surface area (Å²) in [6.45, 7) is 25.5. The summed E-state index contributed by atoms with van der Waals surface area (Å²) in [6, 6.07) is 0. The van der Waals surface area contributed by atoms with E-state index in [0.29, 0.717) is 0 Å². The van der Waals surface area contributed by atoms with Gasteiger partial charge >= 0.3 is 0 Å². The van der Waals surface area contributed by atoms with Gasteiger partial charge in [-0.2, -0.15) is 0 Å². The molecule has 0 atom stereocenters. The second-order valence-electron chi connectivity index (χ2n) is 4.24. The average molecular weight is 329 g/mol. The van der Waals surface area contributed by atoms with Crippen LogP contribution in [-0.2, 0) is 0 Å². The zero-order valence-corrected chi connectivity index (χ0v) is 16.2. The first-order valence-corrected chi connectivity index (χ1v) is 8.49. The maximum Gasteiger partial charge on any atom is -0.0590 e. The van der Waals surface area contributed by atoms with Crippen molar-refractivity contribution in [1.82, 2.24) is 0 Å². The predicted molar refractivity (Wildman–Crippen MR) is 123 cm³/mol. The van der Waals surface area contributed by atoms with Crippen LogP contribution in [0.4, 0.5) is 0 Å². The molecule has 0 aliphatic carbocycles. The number of hydrogen-bond donors (Lipinski definition) is 0. The number of hydrogen-bond acceptors (Lipinski definition) is 0. The minimum absolute atomic E-state index is 0. The fraction of sp³-hybridized carbons (Fsp3) is 1.00. The molecule has 0 saturated heterocycles. The van der Waals surface area contributed by atoms with Crippen molar-refractivity contribution in [3.8, 4) is 0 Å². The van der Waals surface area contributed by atoms with E-state index < -0.39 is 0 Å². The molecule has 0 N–H and O–H groups in total. The van der Waals surface area contributed by atoms with Crippen molar-refractivity contribution in [3.05, 3.63) is 0 Å². The SMILES string of the molecule is C.C.C.C.CCC.CCC.CCC.CCC.CCC.CCC. The lowest BCUT2D eigenvalue weighted by Gasteiger charge is -1.48. The van der Waals surface area contributed by atoms with E-state index in [1.54, 1.807) is 0 Å². The molecule has 0 unspecified atom stereocenters. The van der Waals surface area contributed by atoms with E-state index in [2.05, 4.69) is 83.1 Å². The van der Waals surface area contributed by atoms with Crippen LogP contribution < -0.4 is 0 Å². The van der Waals surface area contributed by atoms with Crippen molar-refractivity contribution in [3.63, 3.8) is 0 Å². The Morgan fingerprint density at radius 2 is 0.227 bits per heavy atom. The summed E-state index contributed by atoms with van der Waals surface area (Å²) in [6.07, 6.45) is 7.50. The molecule has 0 radical (unpaired) electrons. The normalized spacial score (nSPS) is 4.91. The summed E-state index contributed by atoms with van der Waals surface area (Å²) in [7, 11) is 0. The van der Waals surface area contributed by atoms with Gasteiger partial charge < -0.3 is 0 Å². The lowest BCUT2D eigenvalue weighted by Crippen LogP contribution is -1.27. The Morgan fingerprint density at radius 1 is 0.227 bits per heavy atom. The molecule has 0 heterocycles. The first kappa shape index (κ1) is 67.4. The molecular formula is C22H64. The van der Waals surface area contributed by atoms with Crippen LogP contribution in [0.2, 0.25) is 0 Å². The summed E-state index contributed by atoms with van der Waals surface area (Å²) >= 11 is 0. The molecule has 0 nitrogen and oxygen atoms in total. The van der Waals surface area contributed by atoms with Gasteiger partial charge in [-0.1, -0.05) is 151 Å². The molecule has 0 spiro atoms. The molecule has 0 aromatic carbocycles. The topological polar surface area (TPSA) is 0 Å². The Morgan fingerprint density at radius 3 is 0.227 bits per heavy atom. The molecule has 0 aliphatic rings. The maximum atomic E-state index is 2.12. The number of rotatable bonds is 0. The third-order valence-electron chi connectivity index (χ3n) is 0. The van der Waals surface area contributed by atoms with Crippen molar-refractivity contribution in [2.24, 2.45) is 0 Å². The van der Waals surface area contributed by atoms with Crippen LogP contribution in [-0.4, -0.2) is 0 Å². The second kappa shape index (κ2) is 233. The summed E-state index contributed by atoms with van der Waals surface area (Å²) in [5.74, 6) is 0. The lowest BCUT2D eigenvalue weighted by atomic mass is 10.6. The van der Waals surface area contributed by atoms with Crippen molar-refractivity contribution in [1.29, 1.82) is 0 Å². The molecule has 0 rings (SSSR count). The van der Waals surface area contributed by atoms with E-state index in [1.807, 2.05) is 0 Å². The van der Waals surface area contributed by atoms with E-state index in [9.17, 15) is 0 Å².